The van der Waals surface area contributed by atoms with Gasteiger partial charge in [0.15, 0.2) is 0 Å². The van der Waals surface area contributed by atoms with Gasteiger partial charge in [-0.2, -0.15) is 0 Å². The van der Waals surface area contributed by atoms with Gasteiger partial charge < -0.3 is 30.0 Å². The third kappa shape index (κ3) is 5.70. The van der Waals surface area contributed by atoms with E-state index in [2.05, 4.69) is 10.6 Å². The molecule has 0 radical (unpaired) electrons. The highest BCUT2D eigenvalue weighted by molar-refractivity contribution is 5.98. The molecule has 0 bridgehead atoms. The van der Waals surface area contributed by atoms with Crippen LogP contribution in [0.5, 0.6) is 5.75 Å². The van der Waals surface area contributed by atoms with Crippen molar-refractivity contribution in [1.82, 2.24) is 10.6 Å². The van der Waals surface area contributed by atoms with Crippen LogP contribution in [-0.2, 0) is 28.7 Å². The van der Waals surface area contributed by atoms with E-state index in [1.165, 1.54) is 12.1 Å². The highest BCUT2D eigenvalue weighted by Gasteiger charge is 2.30. The van der Waals surface area contributed by atoms with Gasteiger partial charge in [-0.1, -0.05) is 6.07 Å². The van der Waals surface area contributed by atoms with Crippen LogP contribution in [0.4, 0.5) is 4.39 Å². The number of aliphatic hydroxyl groups excluding tert-OH is 1. The minimum Gasteiger partial charge on any atom is -0.496 e. The van der Waals surface area contributed by atoms with Crippen molar-refractivity contribution in [2.24, 2.45) is 0 Å². The van der Waals surface area contributed by atoms with Gasteiger partial charge in [0, 0.05) is 19.8 Å². The standard InChI is InChI=1S/C29H35FN2O6/c1-36-27-21-6-2-5-20(21)18(14-23(27)29(35)32-25-9-11-37-16-26(25)33)12-17-7-8-22(24(30)13-17)28(34)31-15-19-4-3-10-38-19/h7-8,13-14,19,25-26,33H,2-6,9-12,15-16H2,1H3,(H,31,34)(H,32,35)/t19-,25+,26+/m1/s1. The Labute approximate surface area is 221 Å². The molecule has 2 saturated heterocycles. The average Bonchev–Trinajstić information content (AvgIpc) is 3.61. The minimum absolute atomic E-state index is 0.00166. The summed E-state index contributed by atoms with van der Waals surface area (Å²) >= 11 is 0. The molecule has 2 fully saturated rings. The molecule has 5 rings (SSSR count). The van der Waals surface area contributed by atoms with Crippen molar-refractivity contribution in [2.45, 2.75) is 63.2 Å². The number of fused-ring (bicyclic) bond motifs is 1. The van der Waals surface area contributed by atoms with E-state index in [4.69, 9.17) is 14.2 Å². The van der Waals surface area contributed by atoms with Gasteiger partial charge in [-0.3, -0.25) is 9.59 Å². The van der Waals surface area contributed by atoms with Crippen molar-refractivity contribution < 1.29 is 33.3 Å². The normalized spacial score (nSPS) is 22.7. The Hall–Kier alpha value is -3.01. The van der Waals surface area contributed by atoms with Gasteiger partial charge in [0.25, 0.3) is 11.8 Å². The van der Waals surface area contributed by atoms with Crippen LogP contribution in [-0.4, -0.2) is 68.6 Å². The summed E-state index contributed by atoms with van der Waals surface area (Å²) in [6.45, 7) is 1.72. The first-order valence-electron chi connectivity index (χ1n) is 13.4. The molecule has 204 valence electrons. The largest absolute Gasteiger partial charge is 0.496 e. The maximum atomic E-state index is 15.0. The number of benzene rings is 2. The van der Waals surface area contributed by atoms with E-state index >= 15 is 0 Å². The summed E-state index contributed by atoms with van der Waals surface area (Å²) in [5.41, 5.74) is 4.19. The van der Waals surface area contributed by atoms with Crippen LogP contribution in [0, 0.1) is 5.82 Å². The highest BCUT2D eigenvalue weighted by Crippen LogP contribution is 2.37. The van der Waals surface area contributed by atoms with Crippen molar-refractivity contribution >= 4 is 11.8 Å². The van der Waals surface area contributed by atoms with Crippen molar-refractivity contribution in [2.75, 3.05) is 33.5 Å². The molecule has 1 aliphatic carbocycles. The lowest BCUT2D eigenvalue weighted by Crippen LogP contribution is -2.48. The van der Waals surface area contributed by atoms with Crippen LogP contribution in [0.2, 0.25) is 0 Å². The second-order valence-electron chi connectivity index (χ2n) is 10.3. The smallest absolute Gasteiger partial charge is 0.255 e. The molecule has 8 nitrogen and oxygen atoms in total. The average molecular weight is 527 g/mol. The lowest BCUT2D eigenvalue weighted by atomic mass is 9.92. The van der Waals surface area contributed by atoms with Crippen LogP contribution in [0.25, 0.3) is 0 Å². The number of nitrogens with one attached hydrogen (secondary N) is 2. The van der Waals surface area contributed by atoms with Crippen LogP contribution >= 0.6 is 0 Å². The third-order valence-corrected chi connectivity index (χ3v) is 7.72. The highest BCUT2D eigenvalue weighted by atomic mass is 19.1. The third-order valence-electron chi connectivity index (χ3n) is 7.72. The minimum atomic E-state index is -0.767. The molecule has 0 spiro atoms. The van der Waals surface area contributed by atoms with Gasteiger partial charge in [0.2, 0.25) is 0 Å². The fourth-order valence-electron chi connectivity index (χ4n) is 5.71. The van der Waals surface area contributed by atoms with Gasteiger partial charge in [-0.05, 0) is 85.4 Å². The number of carbonyl (C=O) groups excluding carboxylic acids is 2. The van der Waals surface area contributed by atoms with Crippen LogP contribution in [0.3, 0.4) is 0 Å². The lowest BCUT2D eigenvalue weighted by Gasteiger charge is -2.29. The zero-order chi connectivity index (χ0) is 26.6. The molecule has 2 aromatic rings. The number of methoxy groups -OCH3 is 1. The number of amides is 2. The molecule has 3 N–H and O–H groups in total. The van der Waals surface area contributed by atoms with E-state index in [9.17, 15) is 19.1 Å². The van der Waals surface area contributed by atoms with E-state index in [1.807, 2.05) is 6.07 Å². The van der Waals surface area contributed by atoms with Gasteiger partial charge >= 0.3 is 0 Å². The Kier molecular flexibility index (Phi) is 8.26. The van der Waals surface area contributed by atoms with E-state index in [0.717, 1.165) is 48.8 Å². The van der Waals surface area contributed by atoms with Crippen LogP contribution < -0.4 is 15.4 Å². The van der Waals surface area contributed by atoms with E-state index in [0.29, 0.717) is 49.5 Å². The fourth-order valence-corrected chi connectivity index (χ4v) is 5.71. The first kappa shape index (κ1) is 26.6. The fraction of sp³-hybridized carbons (Fsp3) is 0.517. The number of rotatable bonds is 8. The Morgan fingerprint density at radius 2 is 1.92 bits per heavy atom. The van der Waals surface area contributed by atoms with Crippen molar-refractivity contribution in [1.29, 1.82) is 0 Å². The molecule has 2 amide bonds. The first-order chi connectivity index (χ1) is 18.4. The predicted molar refractivity (Wildman–Crippen MR) is 138 cm³/mol. The molecule has 9 heteroatoms. The lowest BCUT2D eigenvalue weighted by molar-refractivity contribution is -0.0261. The quantitative estimate of drug-likeness (QED) is 0.489. The summed E-state index contributed by atoms with van der Waals surface area (Å²) in [6, 6.07) is 6.09. The summed E-state index contributed by atoms with van der Waals surface area (Å²) in [5.74, 6) is -0.786. The van der Waals surface area contributed by atoms with Gasteiger partial charge in [-0.15, -0.1) is 0 Å². The van der Waals surface area contributed by atoms with Gasteiger partial charge in [0.1, 0.15) is 11.6 Å². The van der Waals surface area contributed by atoms with Crippen LogP contribution in [0.15, 0.2) is 24.3 Å². The maximum absolute atomic E-state index is 15.0. The second kappa shape index (κ2) is 11.8. The molecule has 0 unspecified atom stereocenters. The van der Waals surface area contributed by atoms with Crippen molar-refractivity contribution in [3.8, 4) is 5.75 Å². The summed E-state index contributed by atoms with van der Waals surface area (Å²) in [5, 5.41) is 15.9. The Morgan fingerprint density at radius 3 is 2.66 bits per heavy atom. The molecule has 3 atom stereocenters. The second-order valence-corrected chi connectivity index (χ2v) is 10.3. The summed E-state index contributed by atoms with van der Waals surface area (Å²) in [6.07, 6.45) is 4.63. The molecule has 38 heavy (non-hydrogen) atoms. The molecule has 0 saturated carbocycles. The Bertz CT molecular complexity index is 1200. The molecule has 2 aromatic carbocycles. The van der Waals surface area contributed by atoms with Crippen LogP contribution in [0.1, 0.15) is 68.7 Å². The molecule has 2 aliphatic heterocycles. The molecular weight excluding hydrogens is 491 g/mol. The number of hydrogen-bond donors (Lipinski definition) is 3. The maximum Gasteiger partial charge on any atom is 0.255 e. The van der Waals surface area contributed by atoms with Gasteiger partial charge in [0.05, 0.1) is 43.1 Å². The summed E-state index contributed by atoms with van der Waals surface area (Å²) in [7, 11) is 1.56. The number of hydrogen-bond acceptors (Lipinski definition) is 6. The molecular formula is C29H35FN2O6. The number of ether oxygens (including phenoxy) is 3. The Balaban J connectivity index is 1.35. The zero-order valence-corrected chi connectivity index (χ0v) is 21.7. The first-order valence-corrected chi connectivity index (χ1v) is 13.4. The van der Waals surface area contributed by atoms with Crippen molar-refractivity contribution in [3.05, 3.63) is 63.5 Å². The predicted octanol–water partition coefficient (Wildman–Crippen LogP) is 2.70. The van der Waals surface area contributed by atoms with Crippen molar-refractivity contribution in [3.63, 3.8) is 0 Å². The zero-order valence-electron chi connectivity index (χ0n) is 21.7. The topological polar surface area (TPSA) is 106 Å². The molecule has 3 aliphatic rings. The summed E-state index contributed by atoms with van der Waals surface area (Å²) < 4.78 is 31.5. The number of halogens is 1. The van der Waals surface area contributed by atoms with Gasteiger partial charge in [-0.25, -0.2) is 4.39 Å². The van der Waals surface area contributed by atoms with E-state index in [1.54, 1.807) is 13.2 Å². The monoisotopic (exact) mass is 526 g/mol. The molecule has 2 heterocycles. The molecule has 0 aromatic heterocycles. The number of aliphatic hydroxyl groups is 1. The Morgan fingerprint density at radius 1 is 1.08 bits per heavy atom. The number of carbonyl (C=O) groups is 2. The SMILES string of the molecule is COc1c(C(=O)N[C@H]2CCOC[C@@H]2O)cc(Cc2ccc(C(=O)NC[C@H]3CCCO3)c(F)c2)c2c1CCC2. The van der Waals surface area contributed by atoms with E-state index < -0.39 is 23.9 Å². The summed E-state index contributed by atoms with van der Waals surface area (Å²) in [4.78, 5) is 25.8. The van der Waals surface area contributed by atoms with E-state index in [-0.39, 0.29) is 24.2 Å².